The minimum absolute atomic E-state index is 0.279. The van der Waals surface area contributed by atoms with E-state index < -0.39 is 10.0 Å². The molecule has 0 saturated carbocycles. The zero-order valence-electron chi connectivity index (χ0n) is 13.3. The summed E-state index contributed by atoms with van der Waals surface area (Å²) in [7, 11) is -3.46. The summed E-state index contributed by atoms with van der Waals surface area (Å²) in [4.78, 5) is 8.40. The van der Waals surface area contributed by atoms with Gasteiger partial charge in [-0.05, 0) is 23.6 Å². The van der Waals surface area contributed by atoms with Crippen LogP contribution >= 0.6 is 11.3 Å². The van der Waals surface area contributed by atoms with Gasteiger partial charge in [0.2, 0.25) is 0 Å². The highest BCUT2D eigenvalue weighted by atomic mass is 32.2. The van der Waals surface area contributed by atoms with Crippen molar-refractivity contribution in [2.75, 3.05) is 6.54 Å². The van der Waals surface area contributed by atoms with Crippen molar-refractivity contribution in [3.8, 4) is 5.75 Å². The zero-order valence-corrected chi connectivity index (χ0v) is 14.9. The Hall–Kier alpha value is -2.23. The van der Waals surface area contributed by atoms with Crippen molar-refractivity contribution in [3.05, 3.63) is 59.8 Å². The van der Waals surface area contributed by atoms with E-state index in [4.69, 9.17) is 4.74 Å². The van der Waals surface area contributed by atoms with Crippen LogP contribution in [0.5, 0.6) is 5.75 Å². The molecule has 0 spiro atoms. The maximum Gasteiger partial charge on any atom is 0.252 e. The number of nitrogens with zero attached hydrogens (tertiary/aromatic N) is 4. The van der Waals surface area contributed by atoms with Gasteiger partial charge in [0.05, 0.1) is 24.8 Å². The second kappa shape index (κ2) is 6.58. The van der Waals surface area contributed by atoms with Gasteiger partial charge in [0, 0.05) is 19.3 Å². The third-order valence-electron chi connectivity index (χ3n) is 4.05. The normalized spacial score (nSPS) is 15.0. The molecule has 4 heterocycles. The maximum absolute atomic E-state index is 12.7. The summed E-state index contributed by atoms with van der Waals surface area (Å²) in [6.07, 6.45) is 5.06. The average Bonchev–Trinajstić information content (AvgIpc) is 3.31. The summed E-state index contributed by atoms with van der Waals surface area (Å²) in [5.41, 5.74) is 1.62. The molecule has 0 aliphatic carbocycles. The van der Waals surface area contributed by atoms with Gasteiger partial charge in [0.1, 0.15) is 22.3 Å². The van der Waals surface area contributed by atoms with Crippen molar-refractivity contribution in [1.82, 2.24) is 18.8 Å². The fourth-order valence-corrected chi connectivity index (χ4v) is 5.27. The summed E-state index contributed by atoms with van der Waals surface area (Å²) < 4.78 is 35.0. The lowest BCUT2D eigenvalue weighted by molar-refractivity contribution is 0.291. The van der Waals surface area contributed by atoms with Crippen molar-refractivity contribution in [2.24, 2.45) is 0 Å². The minimum atomic E-state index is -3.46. The van der Waals surface area contributed by atoms with E-state index in [1.54, 1.807) is 42.3 Å². The molecular formula is C16H16N4O3S2. The monoisotopic (exact) mass is 376 g/mol. The predicted molar refractivity (Wildman–Crippen MR) is 92.7 cm³/mol. The van der Waals surface area contributed by atoms with Crippen molar-refractivity contribution < 1.29 is 13.2 Å². The molecule has 4 rings (SSSR count). The first kappa shape index (κ1) is 16.2. The number of sulfonamides is 1. The highest BCUT2D eigenvalue weighted by Gasteiger charge is 2.30. The van der Waals surface area contributed by atoms with Gasteiger partial charge in [0.25, 0.3) is 10.0 Å². The standard InChI is InChI=1S/C16H16N4O3S2/c21-25(22,16-4-2-8-24-16)20-7-6-19-12-18-14(15(19)10-20)11-23-13-3-1-5-17-9-13/h1-5,8-9,12H,6-7,10-11H2. The second-order valence-corrected chi connectivity index (χ2v) is 8.69. The summed E-state index contributed by atoms with van der Waals surface area (Å²) in [5.74, 6) is 0.656. The van der Waals surface area contributed by atoms with E-state index in [1.807, 2.05) is 10.6 Å². The van der Waals surface area contributed by atoms with Crippen molar-refractivity contribution >= 4 is 21.4 Å². The first-order valence-electron chi connectivity index (χ1n) is 7.74. The lowest BCUT2D eigenvalue weighted by atomic mass is 10.3. The lowest BCUT2D eigenvalue weighted by Gasteiger charge is -2.27. The van der Waals surface area contributed by atoms with Crippen LogP contribution in [0.25, 0.3) is 0 Å². The Balaban J connectivity index is 1.54. The van der Waals surface area contributed by atoms with Crippen LogP contribution < -0.4 is 4.74 Å². The van der Waals surface area contributed by atoms with Gasteiger partial charge < -0.3 is 9.30 Å². The Morgan fingerprint density at radius 3 is 2.92 bits per heavy atom. The molecule has 1 aliphatic rings. The van der Waals surface area contributed by atoms with Crippen LogP contribution in [0.15, 0.2) is 52.6 Å². The van der Waals surface area contributed by atoms with E-state index in [2.05, 4.69) is 9.97 Å². The van der Waals surface area contributed by atoms with Crippen LogP contribution in [-0.2, 0) is 29.7 Å². The molecule has 0 fully saturated rings. The molecule has 0 N–H and O–H groups in total. The molecule has 0 unspecified atom stereocenters. The molecule has 9 heteroatoms. The Morgan fingerprint density at radius 1 is 1.24 bits per heavy atom. The summed E-state index contributed by atoms with van der Waals surface area (Å²) in [6.45, 7) is 1.60. The Kier molecular flexibility index (Phi) is 4.28. The first-order chi connectivity index (χ1) is 12.1. The molecule has 0 bridgehead atoms. The molecule has 3 aromatic rings. The topological polar surface area (TPSA) is 77.3 Å². The van der Waals surface area contributed by atoms with Crippen molar-refractivity contribution in [3.63, 3.8) is 0 Å². The molecule has 0 atom stereocenters. The van der Waals surface area contributed by atoms with E-state index >= 15 is 0 Å². The molecule has 0 aromatic carbocycles. The number of imidazole rings is 1. The molecule has 3 aromatic heterocycles. The number of ether oxygens (including phenoxy) is 1. The van der Waals surface area contributed by atoms with E-state index in [9.17, 15) is 8.42 Å². The van der Waals surface area contributed by atoms with Crippen molar-refractivity contribution in [1.29, 1.82) is 0 Å². The van der Waals surface area contributed by atoms with E-state index in [0.717, 1.165) is 11.4 Å². The first-order valence-corrected chi connectivity index (χ1v) is 10.1. The molecular weight excluding hydrogens is 360 g/mol. The van der Waals surface area contributed by atoms with Gasteiger partial charge in [-0.15, -0.1) is 11.3 Å². The van der Waals surface area contributed by atoms with Crippen LogP contribution in [0.1, 0.15) is 11.4 Å². The fraction of sp³-hybridized carbons (Fsp3) is 0.250. The lowest BCUT2D eigenvalue weighted by Crippen LogP contribution is -2.38. The summed E-state index contributed by atoms with van der Waals surface area (Å²) in [5, 5.41) is 1.77. The maximum atomic E-state index is 12.7. The summed E-state index contributed by atoms with van der Waals surface area (Å²) in [6, 6.07) is 7.01. The molecule has 0 radical (unpaired) electrons. The quantitative estimate of drug-likeness (QED) is 0.682. The number of hydrogen-bond donors (Lipinski definition) is 0. The fourth-order valence-electron chi connectivity index (χ4n) is 2.74. The Morgan fingerprint density at radius 2 is 2.16 bits per heavy atom. The SMILES string of the molecule is O=S(=O)(c1cccs1)N1CCn2cnc(COc3cccnc3)c2C1. The zero-order chi connectivity index (χ0) is 17.3. The molecule has 0 amide bonds. The predicted octanol–water partition coefficient (Wildman–Crippen LogP) is 2.12. The van der Waals surface area contributed by atoms with Gasteiger partial charge in [-0.3, -0.25) is 4.98 Å². The number of hydrogen-bond acceptors (Lipinski definition) is 6. The number of aromatic nitrogens is 3. The number of pyridine rings is 1. The van der Waals surface area contributed by atoms with Gasteiger partial charge in [-0.2, -0.15) is 4.31 Å². The Labute approximate surface area is 149 Å². The van der Waals surface area contributed by atoms with Crippen LogP contribution in [0.3, 0.4) is 0 Å². The second-order valence-electron chi connectivity index (χ2n) is 5.58. The molecule has 7 nitrogen and oxygen atoms in total. The average molecular weight is 376 g/mol. The van der Waals surface area contributed by atoms with Gasteiger partial charge in [0.15, 0.2) is 0 Å². The van der Waals surface area contributed by atoms with Crippen LogP contribution in [0, 0.1) is 0 Å². The number of rotatable bonds is 5. The van der Waals surface area contributed by atoms with Crippen molar-refractivity contribution in [2.45, 2.75) is 23.9 Å². The molecule has 1 aliphatic heterocycles. The smallest absolute Gasteiger partial charge is 0.252 e. The highest BCUT2D eigenvalue weighted by Crippen LogP contribution is 2.26. The van der Waals surface area contributed by atoms with Gasteiger partial charge in [-0.1, -0.05) is 6.07 Å². The Bertz CT molecular complexity index is 953. The van der Waals surface area contributed by atoms with Gasteiger partial charge >= 0.3 is 0 Å². The number of fused-ring (bicyclic) bond motifs is 1. The molecule has 0 saturated heterocycles. The highest BCUT2D eigenvalue weighted by molar-refractivity contribution is 7.91. The molecule has 130 valence electrons. The molecule has 25 heavy (non-hydrogen) atoms. The third kappa shape index (κ3) is 3.17. The summed E-state index contributed by atoms with van der Waals surface area (Å²) >= 11 is 1.23. The minimum Gasteiger partial charge on any atom is -0.486 e. The van der Waals surface area contributed by atoms with Crippen LogP contribution in [0.2, 0.25) is 0 Å². The third-order valence-corrected chi connectivity index (χ3v) is 7.27. The van der Waals surface area contributed by atoms with Crippen LogP contribution in [-0.4, -0.2) is 33.8 Å². The largest absolute Gasteiger partial charge is 0.486 e. The van der Waals surface area contributed by atoms with E-state index in [-0.39, 0.29) is 6.61 Å². The van der Waals surface area contributed by atoms with Crippen LogP contribution in [0.4, 0.5) is 0 Å². The van der Waals surface area contributed by atoms with E-state index in [1.165, 1.54) is 15.6 Å². The van der Waals surface area contributed by atoms with Gasteiger partial charge in [-0.25, -0.2) is 13.4 Å². The number of thiophene rings is 1. The van der Waals surface area contributed by atoms with E-state index in [0.29, 0.717) is 29.6 Å².